The molecule has 1 aromatic heterocycles. The largest absolute Gasteiger partial charge is 0.390 e. The molecule has 4 nitrogen and oxygen atoms in total. The Morgan fingerprint density at radius 2 is 2.28 bits per heavy atom. The van der Waals surface area contributed by atoms with E-state index in [-0.39, 0.29) is 12.6 Å². The number of hydrogen-bond donors (Lipinski definition) is 1. The minimum Gasteiger partial charge on any atom is -0.337 e. The Hall–Kier alpha value is -1.08. The summed E-state index contributed by atoms with van der Waals surface area (Å²) < 4.78 is 38.7. The van der Waals surface area contributed by atoms with Crippen molar-refractivity contribution in [2.45, 2.75) is 18.6 Å². The van der Waals surface area contributed by atoms with E-state index in [2.05, 4.69) is 10.3 Å². The van der Waals surface area contributed by atoms with Crippen molar-refractivity contribution in [3.8, 4) is 0 Å². The van der Waals surface area contributed by atoms with Crippen molar-refractivity contribution in [1.29, 1.82) is 0 Å². The molecule has 7 heteroatoms. The van der Waals surface area contributed by atoms with Crippen LogP contribution in [-0.4, -0.2) is 46.8 Å². The monoisotopic (exact) mass is 262 g/mol. The first-order valence-electron chi connectivity index (χ1n) is 5.96. The Morgan fingerprint density at radius 1 is 1.50 bits per heavy atom. The lowest BCUT2D eigenvalue weighted by molar-refractivity contribution is -0.139. The Morgan fingerprint density at radius 3 is 2.89 bits per heavy atom. The van der Waals surface area contributed by atoms with Gasteiger partial charge in [0.05, 0.1) is 12.5 Å². The molecule has 0 bridgehead atoms. The van der Waals surface area contributed by atoms with Crippen LogP contribution in [0.2, 0.25) is 0 Å². The molecule has 1 aliphatic rings. The predicted octanol–water partition coefficient (Wildman–Crippen LogP) is 1.32. The molecule has 1 saturated heterocycles. The Labute approximate surface area is 104 Å². The second-order valence-corrected chi connectivity index (χ2v) is 4.52. The highest BCUT2D eigenvalue weighted by atomic mass is 19.4. The Balaban J connectivity index is 2.05. The highest BCUT2D eigenvalue weighted by Gasteiger charge is 2.32. The van der Waals surface area contributed by atoms with E-state index in [0.717, 1.165) is 12.4 Å². The molecular weight excluding hydrogens is 245 g/mol. The standard InChI is InChI=1S/C11H17F3N4/c1-17-6-4-16-10(17)9-8-15-3-7-18(9)5-2-11(12,13)14/h4,6,9,15H,2-3,5,7-8H2,1H3. The van der Waals surface area contributed by atoms with Gasteiger partial charge in [-0.15, -0.1) is 0 Å². The Kier molecular flexibility index (Phi) is 3.91. The summed E-state index contributed by atoms with van der Waals surface area (Å²) in [7, 11) is 1.86. The first-order valence-corrected chi connectivity index (χ1v) is 5.96. The first kappa shape index (κ1) is 13.4. The molecule has 0 saturated carbocycles. The molecule has 2 heterocycles. The average molecular weight is 262 g/mol. The number of hydrogen-bond acceptors (Lipinski definition) is 3. The molecule has 1 N–H and O–H groups in total. The third kappa shape index (κ3) is 3.23. The molecule has 1 aliphatic heterocycles. The van der Waals surface area contributed by atoms with Crippen LogP contribution in [0.25, 0.3) is 0 Å². The van der Waals surface area contributed by atoms with Crippen molar-refractivity contribution in [1.82, 2.24) is 19.8 Å². The maximum atomic E-state index is 12.3. The second kappa shape index (κ2) is 5.27. The summed E-state index contributed by atoms with van der Waals surface area (Å²) in [4.78, 5) is 6.09. The summed E-state index contributed by atoms with van der Waals surface area (Å²) in [5, 5.41) is 3.20. The zero-order valence-electron chi connectivity index (χ0n) is 10.2. The lowest BCUT2D eigenvalue weighted by Gasteiger charge is -2.35. The molecule has 2 rings (SSSR count). The number of nitrogens with one attached hydrogen (secondary N) is 1. The van der Waals surface area contributed by atoms with Crippen LogP contribution in [0.5, 0.6) is 0 Å². The fraction of sp³-hybridized carbons (Fsp3) is 0.727. The quantitative estimate of drug-likeness (QED) is 0.892. The van der Waals surface area contributed by atoms with Crippen LogP contribution < -0.4 is 5.32 Å². The van der Waals surface area contributed by atoms with Gasteiger partial charge in [-0.2, -0.15) is 13.2 Å². The number of halogens is 3. The molecule has 0 amide bonds. The van der Waals surface area contributed by atoms with Gasteiger partial charge >= 0.3 is 6.18 Å². The van der Waals surface area contributed by atoms with E-state index in [0.29, 0.717) is 13.1 Å². The number of imidazole rings is 1. The van der Waals surface area contributed by atoms with Gasteiger partial charge in [-0.05, 0) is 0 Å². The number of aryl methyl sites for hydroxylation is 1. The molecule has 18 heavy (non-hydrogen) atoms. The second-order valence-electron chi connectivity index (χ2n) is 4.52. The fourth-order valence-corrected chi connectivity index (χ4v) is 2.24. The van der Waals surface area contributed by atoms with E-state index in [1.54, 1.807) is 6.20 Å². The van der Waals surface area contributed by atoms with Crippen LogP contribution in [0, 0.1) is 0 Å². The van der Waals surface area contributed by atoms with Crippen LogP contribution in [-0.2, 0) is 7.05 Å². The lowest BCUT2D eigenvalue weighted by Crippen LogP contribution is -2.47. The van der Waals surface area contributed by atoms with Crippen molar-refractivity contribution < 1.29 is 13.2 Å². The third-order valence-electron chi connectivity index (χ3n) is 3.19. The van der Waals surface area contributed by atoms with Gasteiger partial charge in [-0.3, -0.25) is 4.90 Å². The van der Waals surface area contributed by atoms with Crippen molar-refractivity contribution in [2.75, 3.05) is 26.2 Å². The SMILES string of the molecule is Cn1ccnc1C1CNCCN1CCC(F)(F)F. The van der Waals surface area contributed by atoms with E-state index in [9.17, 15) is 13.2 Å². The van der Waals surface area contributed by atoms with Crippen molar-refractivity contribution in [3.05, 3.63) is 18.2 Å². The molecular formula is C11H17F3N4. The number of rotatable bonds is 3. The van der Waals surface area contributed by atoms with Crippen LogP contribution in [0.4, 0.5) is 13.2 Å². The summed E-state index contributed by atoms with van der Waals surface area (Å²) in [6.07, 6.45) is -1.39. The van der Waals surface area contributed by atoms with Crippen molar-refractivity contribution in [2.24, 2.45) is 7.05 Å². The van der Waals surface area contributed by atoms with Crippen LogP contribution in [0.3, 0.4) is 0 Å². The number of alkyl halides is 3. The molecule has 0 spiro atoms. The lowest BCUT2D eigenvalue weighted by atomic mass is 10.1. The average Bonchev–Trinajstić information content (AvgIpc) is 2.72. The minimum atomic E-state index is -4.10. The van der Waals surface area contributed by atoms with Gasteiger partial charge in [0.25, 0.3) is 0 Å². The van der Waals surface area contributed by atoms with E-state index >= 15 is 0 Å². The molecule has 1 aromatic rings. The summed E-state index contributed by atoms with van der Waals surface area (Å²) in [6.45, 7) is 2.01. The molecule has 0 aliphatic carbocycles. The van der Waals surface area contributed by atoms with E-state index < -0.39 is 12.6 Å². The van der Waals surface area contributed by atoms with Crippen LogP contribution in [0.1, 0.15) is 18.3 Å². The highest BCUT2D eigenvalue weighted by Crippen LogP contribution is 2.25. The Bertz CT molecular complexity index is 388. The number of nitrogens with zero attached hydrogens (tertiary/aromatic N) is 3. The van der Waals surface area contributed by atoms with Gasteiger partial charge in [-0.25, -0.2) is 4.98 Å². The molecule has 0 aromatic carbocycles. The molecule has 1 fully saturated rings. The highest BCUT2D eigenvalue weighted by molar-refractivity contribution is 5.02. The molecule has 0 radical (unpaired) electrons. The maximum Gasteiger partial charge on any atom is 0.390 e. The van der Waals surface area contributed by atoms with Crippen LogP contribution in [0.15, 0.2) is 12.4 Å². The van der Waals surface area contributed by atoms with E-state index in [1.165, 1.54) is 0 Å². The van der Waals surface area contributed by atoms with E-state index in [1.807, 2.05) is 22.7 Å². The zero-order chi connectivity index (χ0) is 13.2. The van der Waals surface area contributed by atoms with Gasteiger partial charge in [0.2, 0.25) is 0 Å². The summed E-state index contributed by atoms with van der Waals surface area (Å²) in [6, 6.07) is -0.0823. The van der Waals surface area contributed by atoms with Crippen LogP contribution >= 0.6 is 0 Å². The van der Waals surface area contributed by atoms with Gasteiger partial charge in [0, 0.05) is 45.6 Å². The molecule has 1 unspecified atom stereocenters. The first-order chi connectivity index (χ1) is 8.47. The molecule has 102 valence electrons. The number of aromatic nitrogens is 2. The summed E-state index contributed by atoms with van der Waals surface area (Å²) >= 11 is 0. The third-order valence-corrected chi connectivity index (χ3v) is 3.19. The molecule has 1 atom stereocenters. The number of piperazine rings is 1. The van der Waals surface area contributed by atoms with E-state index in [4.69, 9.17) is 0 Å². The normalized spacial score (nSPS) is 22.3. The van der Waals surface area contributed by atoms with Crippen molar-refractivity contribution in [3.63, 3.8) is 0 Å². The van der Waals surface area contributed by atoms with Gasteiger partial charge in [-0.1, -0.05) is 0 Å². The van der Waals surface area contributed by atoms with Gasteiger partial charge in [0.1, 0.15) is 5.82 Å². The predicted molar refractivity (Wildman–Crippen MR) is 61.1 cm³/mol. The van der Waals surface area contributed by atoms with Gasteiger partial charge in [0.15, 0.2) is 0 Å². The smallest absolute Gasteiger partial charge is 0.337 e. The topological polar surface area (TPSA) is 33.1 Å². The maximum absolute atomic E-state index is 12.3. The van der Waals surface area contributed by atoms with Crippen molar-refractivity contribution >= 4 is 0 Å². The minimum absolute atomic E-state index is 0.0305. The fourth-order valence-electron chi connectivity index (χ4n) is 2.24. The summed E-state index contributed by atoms with van der Waals surface area (Å²) in [5.74, 6) is 0.810. The summed E-state index contributed by atoms with van der Waals surface area (Å²) in [5.41, 5.74) is 0. The van der Waals surface area contributed by atoms with Gasteiger partial charge < -0.3 is 9.88 Å². The zero-order valence-corrected chi connectivity index (χ0v) is 10.2.